The molecule has 2 heterocycles. The third kappa shape index (κ3) is 3.04. The molecule has 1 aliphatic rings. The molecule has 4 nitrogen and oxygen atoms in total. The molecule has 1 saturated heterocycles. The standard InChI is InChI=1S/C11H19N3O/c1-14-11(2-5-13-14)9-12-8-10-3-6-15-7-4-10/h2,5,10,12H,3-4,6-9H2,1H3. The Balaban J connectivity index is 1.68. The summed E-state index contributed by atoms with van der Waals surface area (Å²) in [6.45, 7) is 3.86. The Hall–Kier alpha value is -0.870. The van der Waals surface area contributed by atoms with Gasteiger partial charge in [-0.3, -0.25) is 4.68 Å². The molecule has 1 fully saturated rings. The van der Waals surface area contributed by atoms with E-state index in [9.17, 15) is 0 Å². The van der Waals surface area contributed by atoms with Gasteiger partial charge in [-0.25, -0.2) is 0 Å². The van der Waals surface area contributed by atoms with E-state index < -0.39 is 0 Å². The molecule has 0 bridgehead atoms. The third-order valence-corrected chi connectivity index (χ3v) is 3.00. The summed E-state index contributed by atoms with van der Waals surface area (Å²) in [5, 5.41) is 7.62. The SMILES string of the molecule is Cn1nccc1CNCC1CCOCC1. The zero-order valence-electron chi connectivity index (χ0n) is 9.28. The highest BCUT2D eigenvalue weighted by molar-refractivity contribution is 4.99. The minimum atomic E-state index is 0.784. The molecule has 1 aliphatic heterocycles. The average molecular weight is 209 g/mol. The van der Waals surface area contributed by atoms with E-state index in [1.807, 2.05) is 17.9 Å². The topological polar surface area (TPSA) is 39.1 Å². The summed E-state index contributed by atoms with van der Waals surface area (Å²) < 4.78 is 7.24. The second kappa shape index (κ2) is 5.28. The van der Waals surface area contributed by atoms with Gasteiger partial charge in [-0.2, -0.15) is 5.10 Å². The van der Waals surface area contributed by atoms with Gasteiger partial charge in [0.15, 0.2) is 0 Å². The Kier molecular flexibility index (Phi) is 3.75. The molecule has 1 aromatic rings. The maximum atomic E-state index is 5.33. The van der Waals surface area contributed by atoms with Crippen molar-refractivity contribution in [2.24, 2.45) is 13.0 Å². The molecule has 2 rings (SSSR count). The lowest BCUT2D eigenvalue weighted by Crippen LogP contribution is -2.28. The van der Waals surface area contributed by atoms with Gasteiger partial charge < -0.3 is 10.1 Å². The molecule has 0 atom stereocenters. The second-order valence-corrected chi connectivity index (χ2v) is 4.13. The molecule has 0 amide bonds. The molecule has 1 aromatic heterocycles. The van der Waals surface area contributed by atoms with Gasteiger partial charge in [0.25, 0.3) is 0 Å². The predicted molar refractivity (Wildman–Crippen MR) is 58.5 cm³/mol. The van der Waals surface area contributed by atoms with E-state index >= 15 is 0 Å². The average Bonchev–Trinajstić information content (AvgIpc) is 2.66. The van der Waals surface area contributed by atoms with E-state index in [0.717, 1.165) is 32.2 Å². The summed E-state index contributed by atoms with van der Waals surface area (Å²) in [6.07, 6.45) is 4.22. The van der Waals surface area contributed by atoms with Gasteiger partial charge >= 0.3 is 0 Å². The van der Waals surface area contributed by atoms with Crippen molar-refractivity contribution in [1.29, 1.82) is 0 Å². The molecule has 0 spiro atoms. The first-order valence-corrected chi connectivity index (χ1v) is 5.61. The summed E-state index contributed by atoms with van der Waals surface area (Å²) in [6, 6.07) is 2.05. The highest BCUT2D eigenvalue weighted by Gasteiger charge is 2.12. The minimum absolute atomic E-state index is 0.784. The fraction of sp³-hybridized carbons (Fsp3) is 0.727. The van der Waals surface area contributed by atoms with Gasteiger partial charge in [-0.1, -0.05) is 0 Å². The van der Waals surface area contributed by atoms with E-state index in [4.69, 9.17) is 4.74 Å². The highest BCUT2D eigenvalue weighted by Crippen LogP contribution is 2.13. The van der Waals surface area contributed by atoms with Crippen molar-refractivity contribution in [1.82, 2.24) is 15.1 Å². The van der Waals surface area contributed by atoms with Gasteiger partial charge in [0, 0.05) is 33.0 Å². The number of nitrogens with one attached hydrogen (secondary N) is 1. The summed E-state index contributed by atoms with van der Waals surface area (Å²) in [5.41, 5.74) is 1.24. The first-order valence-electron chi connectivity index (χ1n) is 5.61. The van der Waals surface area contributed by atoms with Crippen LogP contribution in [0.5, 0.6) is 0 Å². The van der Waals surface area contributed by atoms with E-state index in [1.54, 1.807) is 0 Å². The van der Waals surface area contributed by atoms with Crippen LogP contribution in [0.2, 0.25) is 0 Å². The smallest absolute Gasteiger partial charge is 0.0518 e. The van der Waals surface area contributed by atoms with Crippen LogP contribution < -0.4 is 5.32 Å². The first-order chi connectivity index (χ1) is 7.36. The molecule has 15 heavy (non-hydrogen) atoms. The zero-order chi connectivity index (χ0) is 10.5. The fourth-order valence-electron chi connectivity index (χ4n) is 1.93. The Morgan fingerprint density at radius 1 is 1.53 bits per heavy atom. The molecule has 4 heteroatoms. The normalized spacial score (nSPS) is 18.2. The molecule has 0 saturated carbocycles. The van der Waals surface area contributed by atoms with E-state index in [2.05, 4.69) is 16.5 Å². The Morgan fingerprint density at radius 2 is 2.33 bits per heavy atom. The number of ether oxygens (including phenoxy) is 1. The lowest BCUT2D eigenvalue weighted by atomic mass is 10.0. The van der Waals surface area contributed by atoms with E-state index in [-0.39, 0.29) is 0 Å². The van der Waals surface area contributed by atoms with Crippen molar-refractivity contribution in [2.45, 2.75) is 19.4 Å². The largest absolute Gasteiger partial charge is 0.381 e. The highest BCUT2D eigenvalue weighted by atomic mass is 16.5. The first kappa shape index (κ1) is 10.6. The second-order valence-electron chi connectivity index (χ2n) is 4.13. The number of hydrogen-bond acceptors (Lipinski definition) is 3. The summed E-state index contributed by atoms with van der Waals surface area (Å²) in [7, 11) is 1.98. The molecule has 84 valence electrons. The van der Waals surface area contributed by atoms with Crippen molar-refractivity contribution in [3.63, 3.8) is 0 Å². The molecule has 0 unspecified atom stereocenters. The van der Waals surface area contributed by atoms with Crippen molar-refractivity contribution < 1.29 is 4.74 Å². The van der Waals surface area contributed by atoms with Crippen LogP contribution >= 0.6 is 0 Å². The van der Waals surface area contributed by atoms with Crippen molar-refractivity contribution in [3.05, 3.63) is 18.0 Å². The van der Waals surface area contributed by atoms with E-state index in [0.29, 0.717) is 0 Å². The van der Waals surface area contributed by atoms with Gasteiger partial charge in [-0.05, 0) is 31.4 Å². The number of hydrogen-bond donors (Lipinski definition) is 1. The maximum absolute atomic E-state index is 5.33. The van der Waals surface area contributed by atoms with Crippen LogP contribution in [0, 0.1) is 5.92 Å². The molecule has 0 aromatic carbocycles. The van der Waals surface area contributed by atoms with Crippen LogP contribution in [0.3, 0.4) is 0 Å². The zero-order valence-corrected chi connectivity index (χ0v) is 9.28. The molecule has 0 aliphatic carbocycles. The number of aryl methyl sites for hydroxylation is 1. The predicted octanol–water partition coefficient (Wildman–Crippen LogP) is 0.936. The van der Waals surface area contributed by atoms with Gasteiger partial charge in [0.2, 0.25) is 0 Å². The van der Waals surface area contributed by atoms with Crippen LogP contribution in [0.25, 0.3) is 0 Å². The summed E-state index contributed by atoms with van der Waals surface area (Å²) in [4.78, 5) is 0. The molecule has 0 radical (unpaired) electrons. The lowest BCUT2D eigenvalue weighted by molar-refractivity contribution is 0.0662. The van der Waals surface area contributed by atoms with Crippen molar-refractivity contribution >= 4 is 0 Å². The Morgan fingerprint density at radius 3 is 3.00 bits per heavy atom. The molecular weight excluding hydrogens is 190 g/mol. The Labute approximate surface area is 90.6 Å². The summed E-state index contributed by atoms with van der Waals surface area (Å²) in [5.74, 6) is 0.784. The van der Waals surface area contributed by atoms with Crippen LogP contribution in [0.4, 0.5) is 0 Å². The quantitative estimate of drug-likeness (QED) is 0.802. The minimum Gasteiger partial charge on any atom is -0.381 e. The van der Waals surface area contributed by atoms with Crippen LogP contribution in [0.15, 0.2) is 12.3 Å². The van der Waals surface area contributed by atoms with Crippen molar-refractivity contribution in [2.75, 3.05) is 19.8 Å². The van der Waals surface area contributed by atoms with Gasteiger partial charge in [0.05, 0.1) is 5.69 Å². The number of rotatable bonds is 4. The Bertz CT molecular complexity index is 292. The third-order valence-electron chi connectivity index (χ3n) is 3.00. The molecule has 1 N–H and O–H groups in total. The van der Waals surface area contributed by atoms with Gasteiger partial charge in [-0.15, -0.1) is 0 Å². The number of nitrogens with zero attached hydrogens (tertiary/aromatic N) is 2. The molecular formula is C11H19N3O. The summed E-state index contributed by atoms with van der Waals surface area (Å²) >= 11 is 0. The van der Waals surface area contributed by atoms with Crippen LogP contribution in [-0.4, -0.2) is 29.5 Å². The van der Waals surface area contributed by atoms with Crippen LogP contribution in [0.1, 0.15) is 18.5 Å². The number of aromatic nitrogens is 2. The van der Waals surface area contributed by atoms with Gasteiger partial charge in [0.1, 0.15) is 0 Å². The van der Waals surface area contributed by atoms with Crippen molar-refractivity contribution in [3.8, 4) is 0 Å². The fourth-order valence-corrected chi connectivity index (χ4v) is 1.93. The van der Waals surface area contributed by atoms with Crippen LogP contribution in [-0.2, 0) is 18.3 Å². The maximum Gasteiger partial charge on any atom is 0.0518 e. The monoisotopic (exact) mass is 209 g/mol. The van der Waals surface area contributed by atoms with E-state index in [1.165, 1.54) is 18.5 Å². The lowest BCUT2D eigenvalue weighted by Gasteiger charge is -2.22.